The molecule has 170 valence electrons. The van der Waals surface area contributed by atoms with Gasteiger partial charge in [0.1, 0.15) is 17.2 Å². The average molecular weight is 478 g/mol. The van der Waals surface area contributed by atoms with Crippen molar-refractivity contribution in [3.63, 3.8) is 0 Å². The summed E-state index contributed by atoms with van der Waals surface area (Å²) in [5.41, 5.74) is 1.46. The van der Waals surface area contributed by atoms with Gasteiger partial charge < -0.3 is 8.98 Å². The maximum absolute atomic E-state index is 14.4. The zero-order chi connectivity index (χ0) is 23.8. The quantitative estimate of drug-likeness (QED) is 0.332. The Morgan fingerprint density at radius 3 is 2.59 bits per heavy atom. The van der Waals surface area contributed by atoms with E-state index in [1.165, 1.54) is 24.5 Å². The number of aromatic nitrogens is 1. The van der Waals surface area contributed by atoms with Gasteiger partial charge >= 0.3 is 6.03 Å². The van der Waals surface area contributed by atoms with Gasteiger partial charge in [-0.05, 0) is 36.4 Å². The van der Waals surface area contributed by atoms with Crippen LogP contribution in [0.25, 0.3) is 17.0 Å². The molecule has 0 bridgehead atoms. The Labute approximate surface area is 198 Å². The van der Waals surface area contributed by atoms with Crippen molar-refractivity contribution in [3.8, 4) is 0 Å². The smallest absolute Gasteiger partial charge is 0.331 e. The monoisotopic (exact) mass is 477 g/mol. The Morgan fingerprint density at radius 1 is 1.00 bits per heavy atom. The number of para-hydroxylation sites is 1. The summed E-state index contributed by atoms with van der Waals surface area (Å²) in [4.78, 5) is 38.8. The fourth-order valence-electron chi connectivity index (χ4n) is 3.93. The molecule has 7 nitrogen and oxygen atoms in total. The second kappa shape index (κ2) is 8.64. The molecule has 0 saturated carbocycles. The highest BCUT2D eigenvalue weighted by molar-refractivity contribution is 6.31. The molecule has 1 fully saturated rings. The highest BCUT2D eigenvalue weighted by Crippen LogP contribution is 2.28. The summed E-state index contributed by atoms with van der Waals surface area (Å²) >= 11 is 6.21. The third-order valence-electron chi connectivity index (χ3n) is 5.59. The standard InChI is InChI=1S/C25H17ClFN3O4/c26-20-7-3-8-21(27)19(20)14-29-12-15(17-6-1-2-9-22(17)29)11-18-23(31)28-25(33)30(24(18)32)13-16-5-4-10-34-16/h1-12H,13-14H2,(H,28,31,33)/b18-11+. The van der Waals surface area contributed by atoms with E-state index in [4.69, 9.17) is 16.0 Å². The molecule has 4 amide bonds. The van der Waals surface area contributed by atoms with E-state index in [0.29, 0.717) is 21.9 Å². The number of fused-ring (bicyclic) bond motifs is 1. The van der Waals surface area contributed by atoms with Gasteiger partial charge in [-0.1, -0.05) is 35.9 Å². The Kier molecular flexibility index (Phi) is 5.51. The Morgan fingerprint density at radius 2 is 1.82 bits per heavy atom. The first-order valence-electron chi connectivity index (χ1n) is 10.3. The van der Waals surface area contributed by atoms with Crippen LogP contribution in [0, 0.1) is 5.82 Å². The normalized spacial score (nSPS) is 15.4. The van der Waals surface area contributed by atoms with Crippen LogP contribution in [0.1, 0.15) is 16.9 Å². The number of hydrogen-bond acceptors (Lipinski definition) is 4. The summed E-state index contributed by atoms with van der Waals surface area (Å²) < 4.78 is 21.4. The number of hydrogen-bond donors (Lipinski definition) is 1. The number of nitrogens with one attached hydrogen (secondary N) is 1. The van der Waals surface area contributed by atoms with Gasteiger partial charge in [-0.3, -0.25) is 19.8 Å². The van der Waals surface area contributed by atoms with Crippen LogP contribution >= 0.6 is 11.6 Å². The number of urea groups is 1. The predicted octanol–water partition coefficient (Wildman–Crippen LogP) is 4.74. The van der Waals surface area contributed by atoms with Crippen molar-refractivity contribution in [2.24, 2.45) is 0 Å². The minimum Gasteiger partial charge on any atom is -0.467 e. The largest absolute Gasteiger partial charge is 0.467 e. The fourth-order valence-corrected chi connectivity index (χ4v) is 4.15. The topological polar surface area (TPSA) is 84.6 Å². The number of furan rings is 1. The van der Waals surface area contributed by atoms with Crippen LogP contribution in [0.4, 0.5) is 9.18 Å². The number of carbonyl (C=O) groups is 3. The molecular formula is C25H17ClFN3O4. The van der Waals surface area contributed by atoms with E-state index in [9.17, 15) is 18.8 Å². The molecule has 1 aliphatic heterocycles. The van der Waals surface area contributed by atoms with E-state index in [2.05, 4.69) is 5.32 Å². The van der Waals surface area contributed by atoms with Crippen LogP contribution in [0.3, 0.4) is 0 Å². The van der Waals surface area contributed by atoms with E-state index in [0.717, 1.165) is 15.8 Å². The lowest BCUT2D eigenvalue weighted by Crippen LogP contribution is -2.53. The molecule has 5 rings (SSSR count). The van der Waals surface area contributed by atoms with Gasteiger partial charge in [0.15, 0.2) is 0 Å². The summed E-state index contributed by atoms with van der Waals surface area (Å²) in [6.45, 7) is 0.0360. The summed E-state index contributed by atoms with van der Waals surface area (Å²) in [6, 6.07) is 14.3. The average Bonchev–Trinajstić information content (AvgIpc) is 3.45. The molecule has 0 atom stereocenters. The van der Waals surface area contributed by atoms with E-state index >= 15 is 0 Å². The van der Waals surface area contributed by atoms with Crippen LogP contribution < -0.4 is 5.32 Å². The number of imide groups is 2. The molecule has 4 aromatic rings. The first-order valence-corrected chi connectivity index (χ1v) is 10.7. The predicted molar refractivity (Wildman–Crippen MR) is 123 cm³/mol. The van der Waals surface area contributed by atoms with Crippen molar-refractivity contribution in [1.29, 1.82) is 0 Å². The third-order valence-corrected chi connectivity index (χ3v) is 5.94. The first-order chi connectivity index (χ1) is 16.4. The van der Waals surface area contributed by atoms with Crippen LogP contribution in [0.2, 0.25) is 5.02 Å². The minimum absolute atomic E-state index is 0.115. The van der Waals surface area contributed by atoms with Gasteiger partial charge in [-0.25, -0.2) is 9.18 Å². The molecular weight excluding hydrogens is 461 g/mol. The van der Waals surface area contributed by atoms with Crippen molar-refractivity contribution in [2.75, 3.05) is 0 Å². The number of halogens is 2. The number of amides is 4. The molecule has 1 N–H and O–H groups in total. The van der Waals surface area contributed by atoms with Crippen LogP contribution in [0.15, 0.2) is 77.0 Å². The zero-order valence-corrected chi connectivity index (χ0v) is 18.4. The van der Waals surface area contributed by atoms with Crippen LogP contribution in [0.5, 0.6) is 0 Å². The number of nitrogens with zero attached hydrogens (tertiary/aromatic N) is 2. The number of carbonyl (C=O) groups excluding carboxylic acids is 3. The molecule has 1 aliphatic rings. The SMILES string of the molecule is O=C1NC(=O)N(Cc2ccco2)C(=O)/C1=C/c1cn(Cc2c(F)cccc2Cl)c2ccccc12. The maximum atomic E-state index is 14.4. The molecule has 9 heteroatoms. The molecule has 0 unspecified atom stereocenters. The summed E-state index contributed by atoms with van der Waals surface area (Å²) in [5, 5.41) is 3.24. The van der Waals surface area contributed by atoms with E-state index in [1.54, 1.807) is 29.0 Å². The first kappa shape index (κ1) is 21.7. The van der Waals surface area contributed by atoms with Crippen molar-refractivity contribution < 1.29 is 23.2 Å². The number of rotatable bonds is 5. The van der Waals surface area contributed by atoms with Crippen molar-refractivity contribution in [1.82, 2.24) is 14.8 Å². The van der Waals surface area contributed by atoms with Crippen LogP contribution in [-0.2, 0) is 22.7 Å². The van der Waals surface area contributed by atoms with Crippen LogP contribution in [-0.4, -0.2) is 27.3 Å². The van der Waals surface area contributed by atoms with Gasteiger partial charge in [0.05, 0.1) is 19.4 Å². The molecule has 2 aromatic carbocycles. The Hall–Kier alpha value is -4.17. The number of barbiturate groups is 1. The fraction of sp³-hybridized carbons (Fsp3) is 0.0800. The molecule has 0 spiro atoms. The lowest BCUT2D eigenvalue weighted by molar-refractivity contribution is -0.130. The second-order valence-corrected chi connectivity index (χ2v) is 8.12. The summed E-state index contributed by atoms with van der Waals surface area (Å²) in [6.07, 6.45) is 4.58. The van der Waals surface area contributed by atoms with Crippen molar-refractivity contribution >= 4 is 46.4 Å². The van der Waals surface area contributed by atoms with Gasteiger partial charge in [-0.2, -0.15) is 0 Å². The van der Waals surface area contributed by atoms with Gasteiger partial charge in [0.25, 0.3) is 11.8 Å². The maximum Gasteiger partial charge on any atom is 0.331 e. The lowest BCUT2D eigenvalue weighted by Gasteiger charge is -2.25. The van der Waals surface area contributed by atoms with Crippen molar-refractivity contribution in [2.45, 2.75) is 13.1 Å². The Bertz CT molecular complexity index is 1450. The van der Waals surface area contributed by atoms with Gasteiger partial charge in [-0.15, -0.1) is 0 Å². The lowest BCUT2D eigenvalue weighted by atomic mass is 10.1. The van der Waals surface area contributed by atoms with E-state index in [1.807, 2.05) is 24.3 Å². The third kappa shape index (κ3) is 3.88. The Balaban J connectivity index is 1.55. The zero-order valence-electron chi connectivity index (χ0n) is 17.6. The molecule has 1 saturated heterocycles. The number of benzene rings is 2. The summed E-state index contributed by atoms with van der Waals surface area (Å²) in [5.74, 6) is -1.56. The highest BCUT2D eigenvalue weighted by atomic mass is 35.5. The molecule has 2 aromatic heterocycles. The van der Waals surface area contributed by atoms with Gasteiger partial charge in [0.2, 0.25) is 0 Å². The van der Waals surface area contributed by atoms with Gasteiger partial charge in [0, 0.05) is 33.2 Å². The van der Waals surface area contributed by atoms with E-state index < -0.39 is 23.7 Å². The minimum atomic E-state index is -0.819. The highest BCUT2D eigenvalue weighted by Gasteiger charge is 2.36. The van der Waals surface area contributed by atoms with Crippen molar-refractivity contribution in [3.05, 3.63) is 100 Å². The summed E-state index contributed by atoms with van der Waals surface area (Å²) in [7, 11) is 0. The van der Waals surface area contributed by atoms with E-state index in [-0.39, 0.29) is 18.7 Å². The second-order valence-electron chi connectivity index (χ2n) is 7.72. The molecule has 0 radical (unpaired) electrons. The molecule has 34 heavy (non-hydrogen) atoms. The molecule has 0 aliphatic carbocycles. The molecule has 3 heterocycles.